The fourth-order valence-electron chi connectivity index (χ4n) is 1.61. The van der Waals surface area contributed by atoms with E-state index in [1.807, 2.05) is 12.1 Å². The lowest BCUT2D eigenvalue weighted by atomic mass is 10.0. The van der Waals surface area contributed by atoms with Crippen LogP contribution in [-0.4, -0.2) is 11.0 Å². The molecule has 0 amide bonds. The van der Waals surface area contributed by atoms with Gasteiger partial charge < -0.3 is 5.32 Å². The molecule has 1 aliphatic carbocycles. The average molecular weight is 209 g/mol. The van der Waals surface area contributed by atoms with Gasteiger partial charge in [0.25, 0.3) is 0 Å². The fraction of sp³-hybridized carbons (Fsp3) is 0.364. The predicted octanol–water partition coefficient (Wildman–Crippen LogP) is 3.26. The van der Waals surface area contributed by atoms with E-state index in [9.17, 15) is 0 Å². The summed E-state index contributed by atoms with van der Waals surface area (Å²) < 4.78 is 0. The Morgan fingerprint density at radius 3 is 3.07 bits per heavy atom. The Balaban J connectivity index is 2.03. The molecular formula is C11H13ClN2. The molecule has 0 fully saturated rings. The topological polar surface area (TPSA) is 24.9 Å². The molecule has 74 valence electrons. The molecule has 14 heavy (non-hydrogen) atoms. The molecule has 1 aromatic rings. The van der Waals surface area contributed by atoms with Crippen molar-refractivity contribution in [1.82, 2.24) is 4.98 Å². The first-order valence-corrected chi connectivity index (χ1v) is 5.26. The molecule has 0 bridgehead atoms. The number of nitrogens with one attached hydrogen (secondary N) is 1. The lowest BCUT2D eigenvalue weighted by Gasteiger charge is -2.20. The van der Waals surface area contributed by atoms with Crippen molar-refractivity contribution in [2.45, 2.75) is 25.3 Å². The maximum Gasteiger partial charge on any atom is 0.144 e. The number of rotatable bonds is 2. The lowest BCUT2D eigenvalue weighted by Crippen LogP contribution is -2.21. The van der Waals surface area contributed by atoms with Crippen LogP contribution in [0.2, 0.25) is 5.02 Å². The van der Waals surface area contributed by atoms with Crippen molar-refractivity contribution in [2.24, 2.45) is 0 Å². The van der Waals surface area contributed by atoms with E-state index in [0.717, 1.165) is 25.1 Å². The zero-order valence-corrected chi connectivity index (χ0v) is 8.67. The minimum absolute atomic E-state index is 0.479. The van der Waals surface area contributed by atoms with Crippen LogP contribution in [0.5, 0.6) is 0 Å². The van der Waals surface area contributed by atoms with E-state index >= 15 is 0 Å². The summed E-state index contributed by atoms with van der Waals surface area (Å²) >= 11 is 6.00. The Morgan fingerprint density at radius 1 is 1.43 bits per heavy atom. The van der Waals surface area contributed by atoms with Crippen molar-refractivity contribution >= 4 is 17.4 Å². The Kier molecular flexibility index (Phi) is 3.04. The Bertz CT molecular complexity index is 336. The summed E-state index contributed by atoms with van der Waals surface area (Å²) in [6.07, 6.45) is 9.54. The first kappa shape index (κ1) is 9.53. The normalized spacial score (nSPS) is 20.8. The van der Waals surface area contributed by atoms with E-state index in [2.05, 4.69) is 22.5 Å². The molecule has 0 saturated heterocycles. The summed E-state index contributed by atoms with van der Waals surface area (Å²) in [4.78, 5) is 4.21. The van der Waals surface area contributed by atoms with E-state index in [1.165, 1.54) is 0 Å². The predicted molar refractivity (Wildman–Crippen MR) is 59.6 cm³/mol. The highest BCUT2D eigenvalue weighted by Crippen LogP contribution is 2.21. The molecule has 1 heterocycles. The lowest BCUT2D eigenvalue weighted by molar-refractivity contribution is 0.642. The van der Waals surface area contributed by atoms with Crippen LogP contribution in [0.4, 0.5) is 5.82 Å². The van der Waals surface area contributed by atoms with Crippen LogP contribution in [0, 0.1) is 0 Å². The number of pyridine rings is 1. The number of hydrogen-bond donors (Lipinski definition) is 1. The quantitative estimate of drug-likeness (QED) is 0.755. The van der Waals surface area contributed by atoms with Gasteiger partial charge in [0.2, 0.25) is 0 Å². The molecule has 0 saturated carbocycles. The van der Waals surface area contributed by atoms with Gasteiger partial charge in [-0.15, -0.1) is 0 Å². The van der Waals surface area contributed by atoms with Gasteiger partial charge in [-0.25, -0.2) is 4.98 Å². The molecule has 0 aromatic carbocycles. The van der Waals surface area contributed by atoms with Crippen LogP contribution in [0.1, 0.15) is 19.3 Å². The maximum absolute atomic E-state index is 6.00. The zero-order chi connectivity index (χ0) is 9.80. The molecule has 1 N–H and O–H groups in total. The first-order chi connectivity index (χ1) is 6.86. The Hall–Kier alpha value is -1.02. The highest BCUT2D eigenvalue weighted by Gasteiger charge is 2.11. The number of allylic oxidation sites excluding steroid dienone is 1. The van der Waals surface area contributed by atoms with E-state index in [0.29, 0.717) is 11.1 Å². The van der Waals surface area contributed by atoms with E-state index < -0.39 is 0 Å². The van der Waals surface area contributed by atoms with Crippen LogP contribution >= 0.6 is 11.6 Å². The van der Waals surface area contributed by atoms with Gasteiger partial charge in [0.05, 0.1) is 5.02 Å². The molecule has 2 rings (SSSR count). The molecule has 3 heteroatoms. The molecule has 0 spiro atoms. The zero-order valence-electron chi connectivity index (χ0n) is 7.91. The van der Waals surface area contributed by atoms with Gasteiger partial charge in [0.15, 0.2) is 0 Å². The molecule has 0 radical (unpaired) electrons. The summed E-state index contributed by atoms with van der Waals surface area (Å²) in [7, 11) is 0. The molecule has 1 aromatic heterocycles. The fourth-order valence-corrected chi connectivity index (χ4v) is 1.79. The van der Waals surface area contributed by atoms with Gasteiger partial charge in [-0.2, -0.15) is 0 Å². The van der Waals surface area contributed by atoms with Crippen molar-refractivity contribution in [3.05, 3.63) is 35.5 Å². The average Bonchev–Trinajstić information content (AvgIpc) is 2.23. The van der Waals surface area contributed by atoms with Crippen LogP contribution in [0.25, 0.3) is 0 Å². The number of aromatic nitrogens is 1. The second-order valence-electron chi connectivity index (χ2n) is 3.46. The van der Waals surface area contributed by atoms with Crippen molar-refractivity contribution in [3.63, 3.8) is 0 Å². The Morgan fingerprint density at radius 2 is 2.36 bits per heavy atom. The van der Waals surface area contributed by atoms with Gasteiger partial charge in [-0.3, -0.25) is 0 Å². The van der Waals surface area contributed by atoms with Crippen molar-refractivity contribution in [2.75, 3.05) is 5.32 Å². The highest BCUT2D eigenvalue weighted by molar-refractivity contribution is 6.32. The van der Waals surface area contributed by atoms with Gasteiger partial charge in [0, 0.05) is 12.2 Å². The van der Waals surface area contributed by atoms with Gasteiger partial charge >= 0.3 is 0 Å². The minimum atomic E-state index is 0.479. The van der Waals surface area contributed by atoms with E-state index in [-0.39, 0.29) is 0 Å². The molecular weight excluding hydrogens is 196 g/mol. The van der Waals surface area contributed by atoms with Crippen molar-refractivity contribution in [1.29, 1.82) is 0 Å². The second kappa shape index (κ2) is 4.47. The third-order valence-corrected chi connectivity index (χ3v) is 2.67. The summed E-state index contributed by atoms with van der Waals surface area (Å²) in [6, 6.07) is 4.18. The summed E-state index contributed by atoms with van der Waals surface area (Å²) in [6.45, 7) is 0. The maximum atomic E-state index is 6.00. The molecule has 1 atom stereocenters. The summed E-state index contributed by atoms with van der Waals surface area (Å²) in [5, 5.41) is 4.05. The summed E-state index contributed by atoms with van der Waals surface area (Å²) in [5.41, 5.74) is 0. The van der Waals surface area contributed by atoms with Crippen molar-refractivity contribution < 1.29 is 0 Å². The number of nitrogens with zero attached hydrogens (tertiary/aromatic N) is 1. The number of halogens is 1. The van der Waals surface area contributed by atoms with Gasteiger partial charge in [-0.1, -0.05) is 23.8 Å². The van der Waals surface area contributed by atoms with E-state index in [1.54, 1.807) is 6.20 Å². The number of anilines is 1. The standard InChI is InChI=1S/C11H13ClN2/c12-10-7-4-8-13-11(10)14-9-5-2-1-3-6-9/h1-2,4,7-9H,3,5-6H2,(H,13,14). The number of hydrogen-bond acceptors (Lipinski definition) is 2. The van der Waals surface area contributed by atoms with Crippen LogP contribution in [0.3, 0.4) is 0 Å². The second-order valence-corrected chi connectivity index (χ2v) is 3.87. The molecule has 1 aliphatic rings. The van der Waals surface area contributed by atoms with Crippen molar-refractivity contribution in [3.8, 4) is 0 Å². The minimum Gasteiger partial charge on any atom is -0.366 e. The van der Waals surface area contributed by atoms with Gasteiger partial charge in [0.1, 0.15) is 5.82 Å². The monoisotopic (exact) mass is 208 g/mol. The SMILES string of the molecule is Clc1cccnc1NC1CC=CCC1. The third kappa shape index (κ3) is 2.26. The molecule has 0 aliphatic heterocycles. The third-order valence-electron chi connectivity index (χ3n) is 2.37. The smallest absolute Gasteiger partial charge is 0.144 e. The first-order valence-electron chi connectivity index (χ1n) is 4.88. The molecule has 1 unspecified atom stereocenters. The largest absolute Gasteiger partial charge is 0.366 e. The van der Waals surface area contributed by atoms with Crippen LogP contribution < -0.4 is 5.32 Å². The highest BCUT2D eigenvalue weighted by atomic mass is 35.5. The van der Waals surface area contributed by atoms with Gasteiger partial charge in [-0.05, 0) is 31.4 Å². The Labute approximate surface area is 89.0 Å². The molecule has 2 nitrogen and oxygen atoms in total. The summed E-state index contributed by atoms with van der Waals surface area (Å²) in [5.74, 6) is 0.800. The van der Waals surface area contributed by atoms with E-state index in [4.69, 9.17) is 11.6 Å². The van der Waals surface area contributed by atoms with Crippen LogP contribution in [-0.2, 0) is 0 Å². The van der Waals surface area contributed by atoms with Crippen LogP contribution in [0.15, 0.2) is 30.5 Å².